The summed E-state index contributed by atoms with van der Waals surface area (Å²) in [5.74, 6) is 0.470. The van der Waals surface area contributed by atoms with E-state index in [4.69, 9.17) is 5.73 Å². The minimum Gasteiger partial charge on any atom is -0.330 e. The van der Waals surface area contributed by atoms with Crippen molar-refractivity contribution in [3.05, 3.63) is 34.7 Å². The lowest BCUT2D eigenvalue weighted by molar-refractivity contribution is 0.767. The molecule has 2 N–H and O–H groups in total. The standard InChI is InChI=1S/C14H19NS/c1-3-6-13-14(10(2)9-15)11-7-4-5-8-12(11)16-13/h4-5,7-8,10H,3,6,9,15H2,1-2H3/t10-/m0/s1. The zero-order chi connectivity index (χ0) is 11.5. The fourth-order valence-corrected chi connectivity index (χ4v) is 3.61. The van der Waals surface area contributed by atoms with E-state index in [1.165, 1.54) is 33.4 Å². The van der Waals surface area contributed by atoms with Crippen molar-refractivity contribution in [1.82, 2.24) is 0 Å². The maximum atomic E-state index is 5.82. The molecule has 1 aromatic heterocycles. The van der Waals surface area contributed by atoms with Crippen molar-refractivity contribution in [3.8, 4) is 0 Å². The first-order valence-electron chi connectivity index (χ1n) is 5.98. The van der Waals surface area contributed by atoms with Gasteiger partial charge in [0, 0.05) is 9.58 Å². The van der Waals surface area contributed by atoms with E-state index < -0.39 is 0 Å². The molecule has 0 saturated heterocycles. The van der Waals surface area contributed by atoms with Gasteiger partial charge in [-0.05, 0) is 35.9 Å². The maximum absolute atomic E-state index is 5.82. The Labute approximate surface area is 101 Å². The summed E-state index contributed by atoms with van der Waals surface area (Å²) in [6.45, 7) is 5.20. The minimum atomic E-state index is 0.470. The predicted molar refractivity (Wildman–Crippen MR) is 73.3 cm³/mol. The molecule has 0 aliphatic heterocycles. The van der Waals surface area contributed by atoms with E-state index in [1.807, 2.05) is 11.3 Å². The van der Waals surface area contributed by atoms with E-state index in [2.05, 4.69) is 38.1 Å². The van der Waals surface area contributed by atoms with Crippen LogP contribution in [0.15, 0.2) is 24.3 Å². The molecule has 0 aliphatic carbocycles. The first-order chi connectivity index (χ1) is 7.77. The van der Waals surface area contributed by atoms with Gasteiger partial charge in [0.05, 0.1) is 0 Å². The molecule has 16 heavy (non-hydrogen) atoms. The second kappa shape index (κ2) is 4.98. The smallest absolute Gasteiger partial charge is 0.0348 e. The van der Waals surface area contributed by atoms with E-state index >= 15 is 0 Å². The van der Waals surface area contributed by atoms with Gasteiger partial charge in [-0.3, -0.25) is 0 Å². The van der Waals surface area contributed by atoms with Gasteiger partial charge in [-0.1, -0.05) is 38.5 Å². The quantitative estimate of drug-likeness (QED) is 0.851. The Morgan fingerprint density at radius 2 is 2.06 bits per heavy atom. The number of fused-ring (bicyclic) bond motifs is 1. The lowest BCUT2D eigenvalue weighted by Gasteiger charge is -2.10. The van der Waals surface area contributed by atoms with Crippen molar-refractivity contribution >= 4 is 21.4 Å². The monoisotopic (exact) mass is 233 g/mol. The van der Waals surface area contributed by atoms with Gasteiger partial charge < -0.3 is 5.73 Å². The van der Waals surface area contributed by atoms with E-state index in [1.54, 1.807) is 0 Å². The molecule has 1 aromatic carbocycles. The molecule has 1 nitrogen and oxygen atoms in total. The molecule has 1 atom stereocenters. The molecule has 0 radical (unpaired) electrons. The Morgan fingerprint density at radius 3 is 2.75 bits per heavy atom. The van der Waals surface area contributed by atoms with E-state index in [0.717, 1.165) is 6.54 Å². The predicted octanol–water partition coefficient (Wildman–Crippen LogP) is 3.92. The van der Waals surface area contributed by atoms with Crippen molar-refractivity contribution < 1.29 is 0 Å². The van der Waals surface area contributed by atoms with Crippen LogP contribution in [0.25, 0.3) is 10.1 Å². The Hall–Kier alpha value is -0.860. The van der Waals surface area contributed by atoms with Gasteiger partial charge in [-0.2, -0.15) is 0 Å². The van der Waals surface area contributed by atoms with Crippen LogP contribution in [-0.4, -0.2) is 6.54 Å². The number of rotatable bonds is 4. The Bertz CT molecular complexity index is 473. The van der Waals surface area contributed by atoms with Gasteiger partial charge in [-0.15, -0.1) is 11.3 Å². The molecular weight excluding hydrogens is 214 g/mol. The van der Waals surface area contributed by atoms with Crippen LogP contribution < -0.4 is 5.73 Å². The third-order valence-corrected chi connectivity index (χ3v) is 4.28. The third kappa shape index (κ3) is 2.00. The summed E-state index contributed by atoms with van der Waals surface area (Å²) in [6, 6.07) is 8.68. The molecular formula is C14H19NS. The van der Waals surface area contributed by atoms with Gasteiger partial charge in [0.1, 0.15) is 0 Å². The zero-order valence-electron chi connectivity index (χ0n) is 9.99. The fraction of sp³-hybridized carbons (Fsp3) is 0.429. The van der Waals surface area contributed by atoms with E-state index in [0.29, 0.717) is 5.92 Å². The second-order valence-corrected chi connectivity index (χ2v) is 5.46. The molecule has 2 rings (SSSR count). The van der Waals surface area contributed by atoms with Crippen molar-refractivity contribution in [2.24, 2.45) is 5.73 Å². The first kappa shape index (κ1) is 11.6. The second-order valence-electron chi connectivity index (χ2n) is 4.32. The Balaban J connectivity index is 2.59. The summed E-state index contributed by atoms with van der Waals surface area (Å²) < 4.78 is 1.40. The van der Waals surface area contributed by atoms with Gasteiger partial charge in [0.2, 0.25) is 0 Å². The van der Waals surface area contributed by atoms with Gasteiger partial charge in [0.15, 0.2) is 0 Å². The van der Waals surface area contributed by atoms with Gasteiger partial charge in [0.25, 0.3) is 0 Å². The van der Waals surface area contributed by atoms with Crippen LogP contribution >= 0.6 is 11.3 Å². The average molecular weight is 233 g/mol. The van der Waals surface area contributed by atoms with Crippen LogP contribution in [-0.2, 0) is 6.42 Å². The Morgan fingerprint density at radius 1 is 1.31 bits per heavy atom. The van der Waals surface area contributed by atoms with Crippen LogP contribution in [0, 0.1) is 0 Å². The number of aryl methyl sites for hydroxylation is 1. The van der Waals surface area contributed by atoms with Crippen LogP contribution in [0.5, 0.6) is 0 Å². The fourth-order valence-electron chi connectivity index (χ4n) is 2.19. The zero-order valence-corrected chi connectivity index (χ0v) is 10.8. The summed E-state index contributed by atoms with van der Waals surface area (Å²) in [6.07, 6.45) is 2.39. The summed E-state index contributed by atoms with van der Waals surface area (Å²) in [5, 5.41) is 1.41. The normalized spacial score (nSPS) is 13.2. The third-order valence-electron chi connectivity index (χ3n) is 3.03. The number of benzene rings is 1. The number of hydrogen-bond acceptors (Lipinski definition) is 2. The topological polar surface area (TPSA) is 26.0 Å². The molecule has 0 unspecified atom stereocenters. The molecule has 0 spiro atoms. The maximum Gasteiger partial charge on any atom is 0.0348 e. The lowest BCUT2D eigenvalue weighted by atomic mass is 9.96. The minimum absolute atomic E-state index is 0.470. The van der Waals surface area contributed by atoms with Gasteiger partial charge in [-0.25, -0.2) is 0 Å². The highest BCUT2D eigenvalue weighted by Gasteiger charge is 2.15. The molecule has 86 valence electrons. The van der Waals surface area contributed by atoms with E-state index in [-0.39, 0.29) is 0 Å². The molecule has 1 heterocycles. The van der Waals surface area contributed by atoms with Gasteiger partial charge >= 0.3 is 0 Å². The summed E-state index contributed by atoms with van der Waals surface area (Å²) in [7, 11) is 0. The summed E-state index contributed by atoms with van der Waals surface area (Å²) >= 11 is 1.94. The first-order valence-corrected chi connectivity index (χ1v) is 6.80. The van der Waals surface area contributed by atoms with Crippen LogP contribution in [0.2, 0.25) is 0 Å². The molecule has 0 bridgehead atoms. The molecule has 0 aliphatic rings. The molecule has 2 heteroatoms. The molecule has 0 amide bonds. The van der Waals surface area contributed by atoms with Crippen molar-refractivity contribution in [3.63, 3.8) is 0 Å². The van der Waals surface area contributed by atoms with E-state index in [9.17, 15) is 0 Å². The summed E-state index contributed by atoms with van der Waals surface area (Å²) in [4.78, 5) is 1.53. The van der Waals surface area contributed by atoms with Crippen molar-refractivity contribution in [2.75, 3.05) is 6.54 Å². The lowest BCUT2D eigenvalue weighted by Crippen LogP contribution is -2.09. The molecule has 0 saturated carbocycles. The molecule has 2 aromatic rings. The average Bonchev–Trinajstić information content (AvgIpc) is 2.66. The highest BCUT2D eigenvalue weighted by molar-refractivity contribution is 7.19. The molecule has 0 fully saturated rings. The number of thiophene rings is 1. The van der Waals surface area contributed by atoms with Crippen LogP contribution in [0.1, 0.15) is 36.6 Å². The Kier molecular flexibility index (Phi) is 3.62. The van der Waals surface area contributed by atoms with Crippen LogP contribution in [0.4, 0.5) is 0 Å². The number of nitrogens with two attached hydrogens (primary N) is 1. The largest absolute Gasteiger partial charge is 0.330 e. The highest BCUT2D eigenvalue weighted by Crippen LogP contribution is 2.36. The van der Waals surface area contributed by atoms with Crippen molar-refractivity contribution in [2.45, 2.75) is 32.6 Å². The van der Waals surface area contributed by atoms with Crippen molar-refractivity contribution in [1.29, 1.82) is 0 Å². The highest BCUT2D eigenvalue weighted by atomic mass is 32.1. The van der Waals surface area contributed by atoms with Crippen LogP contribution in [0.3, 0.4) is 0 Å². The SMILES string of the molecule is CCCc1sc2ccccc2c1[C@@H](C)CN. The summed E-state index contributed by atoms with van der Waals surface area (Å²) in [5.41, 5.74) is 7.31. The number of hydrogen-bond donors (Lipinski definition) is 1.